The molecule has 1 aromatic carbocycles. The van der Waals surface area contributed by atoms with Gasteiger partial charge in [-0.3, -0.25) is 4.79 Å². The molecule has 0 amide bonds. The Hall–Kier alpha value is -2.17. The number of nitrogen functional groups attached to an aromatic ring is 1. The average molecular weight is 259 g/mol. The Kier molecular flexibility index (Phi) is 2.81. The lowest BCUT2D eigenvalue weighted by molar-refractivity contribution is 0.103. The Balaban J connectivity index is 2.04. The van der Waals surface area contributed by atoms with E-state index in [-0.39, 0.29) is 17.4 Å². The van der Waals surface area contributed by atoms with Gasteiger partial charge >= 0.3 is 0 Å². The Labute approximate surface area is 110 Å². The second-order valence-corrected chi connectivity index (χ2v) is 4.71. The maximum atomic E-state index is 12.9. The van der Waals surface area contributed by atoms with Crippen molar-refractivity contribution >= 4 is 11.6 Å². The summed E-state index contributed by atoms with van der Waals surface area (Å²) in [5, 5.41) is 0. The minimum absolute atomic E-state index is 0.196. The number of fused-ring (bicyclic) bond motifs is 1. The standard InChI is InChI=1S/C14H14FN3O/c15-10-6-4-9(5-7-10)13(19)12-14(16)17-11-3-1-2-8-18(11)12/h4-7H,1-3,8,16H2. The van der Waals surface area contributed by atoms with Crippen molar-refractivity contribution in [3.8, 4) is 0 Å². The summed E-state index contributed by atoms with van der Waals surface area (Å²) in [7, 11) is 0. The van der Waals surface area contributed by atoms with Gasteiger partial charge in [0, 0.05) is 18.5 Å². The molecule has 0 fully saturated rings. The predicted octanol–water partition coefficient (Wildman–Crippen LogP) is 2.17. The summed E-state index contributed by atoms with van der Waals surface area (Å²) < 4.78 is 14.8. The number of nitrogens with two attached hydrogens (primary N) is 1. The molecule has 2 N–H and O–H groups in total. The van der Waals surface area contributed by atoms with Crippen molar-refractivity contribution in [2.75, 3.05) is 5.73 Å². The van der Waals surface area contributed by atoms with Gasteiger partial charge in [0.25, 0.3) is 0 Å². The Morgan fingerprint density at radius 3 is 2.74 bits per heavy atom. The summed E-state index contributed by atoms with van der Waals surface area (Å²) in [6.45, 7) is 0.766. The molecular weight excluding hydrogens is 245 g/mol. The molecule has 98 valence electrons. The van der Waals surface area contributed by atoms with Crippen molar-refractivity contribution in [3.63, 3.8) is 0 Å². The van der Waals surface area contributed by atoms with Crippen LogP contribution in [0, 0.1) is 5.82 Å². The first-order chi connectivity index (χ1) is 9.16. The summed E-state index contributed by atoms with van der Waals surface area (Å²) >= 11 is 0. The van der Waals surface area contributed by atoms with E-state index in [0.717, 1.165) is 31.6 Å². The van der Waals surface area contributed by atoms with Crippen molar-refractivity contribution in [1.82, 2.24) is 9.55 Å². The maximum Gasteiger partial charge on any atom is 0.213 e. The Bertz CT molecular complexity index is 631. The van der Waals surface area contributed by atoms with Crippen LogP contribution < -0.4 is 5.73 Å². The van der Waals surface area contributed by atoms with Crippen molar-refractivity contribution in [2.45, 2.75) is 25.8 Å². The van der Waals surface area contributed by atoms with Gasteiger partial charge in [0.05, 0.1) is 0 Å². The number of hydrogen-bond acceptors (Lipinski definition) is 3. The van der Waals surface area contributed by atoms with E-state index in [4.69, 9.17) is 5.73 Å². The fraction of sp³-hybridized carbons (Fsp3) is 0.286. The molecule has 4 nitrogen and oxygen atoms in total. The van der Waals surface area contributed by atoms with Gasteiger partial charge in [0.1, 0.15) is 17.3 Å². The van der Waals surface area contributed by atoms with Crippen molar-refractivity contribution in [3.05, 3.63) is 47.2 Å². The highest BCUT2D eigenvalue weighted by atomic mass is 19.1. The van der Waals surface area contributed by atoms with Gasteiger partial charge < -0.3 is 10.3 Å². The highest BCUT2D eigenvalue weighted by molar-refractivity contribution is 6.10. The number of halogens is 1. The predicted molar refractivity (Wildman–Crippen MR) is 69.4 cm³/mol. The summed E-state index contributed by atoms with van der Waals surface area (Å²) in [6.07, 6.45) is 2.94. The number of imidazole rings is 1. The number of ketones is 1. The van der Waals surface area contributed by atoms with E-state index in [9.17, 15) is 9.18 Å². The third kappa shape index (κ3) is 2.01. The quantitative estimate of drug-likeness (QED) is 0.841. The first kappa shape index (κ1) is 11.9. The molecular formula is C14H14FN3O. The van der Waals surface area contributed by atoms with Gasteiger partial charge in [-0.25, -0.2) is 9.37 Å². The van der Waals surface area contributed by atoms with Crippen LogP contribution >= 0.6 is 0 Å². The minimum atomic E-state index is -0.361. The smallest absolute Gasteiger partial charge is 0.213 e. The third-order valence-corrected chi connectivity index (χ3v) is 3.43. The highest BCUT2D eigenvalue weighted by Gasteiger charge is 2.24. The van der Waals surface area contributed by atoms with E-state index in [0.29, 0.717) is 11.3 Å². The molecule has 2 aromatic rings. The number of anilines is 1. The SMILES string of the molecule is Nc1nc2n(c1C(=O)c1ccc(F)cc1)CCCC2. The van der Waals surface area contributed by atoms with Crippen LogP contribution in [-0.2, 0) is 13.0 Å². The number of benzene rings is 1. The highest BCUT2D eigenvalue weighted by Crippen LogP contribution is 2.23. The van der Waals surface area contributed by atoms with Crippen LogP contribution in [0.4, 0.5) is 10.2 Å². The molecule has 0 saturated carbocycles. The average Bonchev–Trinajstić information content (AvgIpc) is 2.74. The summed E-state index contributed by atoms with van der Waals surface area (Å²) in [4.78, 5) is 16.7. The van der Waals surface area contributed by atoms with Gasteiger partial charge in [-0.1, -0.05) is 0 Å². The lowest BCUT2D eigenvalue weighted by atomic mass is 10.1. The van der Waals surface area contributed by atoms with Crippen LogP contribution in [0.15, 0.2) is 24.3 Å². The monoisotopic (exact) mass is 259 g/mol. The largest absolute Gasteiger partial charge is 0.382 e. The molecule has 0 radical (unpaired) electrons. The maximum absolute atomic E-state index is 12.9. The number of carbonyl (C=O) groups excluding carboxylic acids is 1. The fourth-order valence-corrected chi connectivity index (χ4v) is 2.48. The van der Waals surface area contributed by atoms with Crippen LogP contribution in [0.2, 0.25) is 0 Å². The molecule has 0 saturated heterocycles. The second-order valence-electron chi connectivity index (χ2n) is 4.71. The van der Waals surface area contributed by atoms with Crippen LogP contribution in [0.25, 0.3) is 0 Å². The number of carbonyl (C=O) groups is 1. The molecule has 0 spiro atoms. The zero-order valence-corrected chi connectivity index (χ0v) is 10.4. The summed E-state index contributed by atoms with van der Waals surface area (Å²) in [6, 6.07) is 5.49. The van der Waals surface area contributed by atoms with Crippen LogP contribution in [-0.4, -0.2) is 15.3 Å². The minimum Gasteiger partial charge on any atom is -0.382 e. The molecule has 5 heteroatoms. The third-order valence-electron chi connectivity index (χ3n) is 3.43. The molecule has 0 bridgehead atoms. The normalized spacial score (nSPS) is 14.2. The van der Waals surface area contributed by atoms with Crippen molar-refractivity contribution in [1.29, 1.82) is 0 Å². The molecule has 1 aliphatic heterocycles. The van der Waals surface area contributed by atoms with Gasteiger partial charge in [0.15, 0.2) is 5.82 Å². The number of rotatable bonds is 2. The van der Waals surface area contributed by atoms with E-state index >= 15 is 0 Å². The second kappa shape index (κ2) is 4.50. The van der Waals surface area contributed by atoms with E-state index in [1.165, 1.54) is 24.3 Å². The first-order valence-corrected chi connectivity index (χ1v) is 6.32. The number of nitrogens with zero attached hydrogens (tertiary/aromatic N) is 2. The Morgan fingerprint density at radius 2 is 2.00 bits per heavy atom. The molecule has 2 heterocycles. The number of hydrogen-bond donors (Lipinski definition) is 1. The lowest BCUT2D eigenvalue weighted by Crippen LogP contribution is -2.17. The van der Waals surface area contributed by atoms with Crippen LogP contribution in [0.3, 0.4) is 0 Å². The van der Waals surface area contributed by atoms with Gasteiger partial charge in [-0.05, 0) is 37.1 Å². The molecule has 19 heavy (non-hydrogen) atoms. The first-order valence-electron chi connectivity index (χ1n) is 6.32. The number of aromatic nitrogens is 2. The molecule has 0 unspecified atom stereocenters. The molecule has 0 atom stereocenters. The topological polar surface area (TPSA) is 60.9 Å². The Morgan fingerprint density at radius 1 is 1.26 bits per heavy atom. The molecule has 1 aliphatic rings. The lowest BCUT2D eigenvalue weighted by Gasteiger charge is -2.15. The van der Waals surface area contributed by atoms with E-state index in [2.05, 4.69) is 4.98 Å². The molecule has 1 aromatic heterocycles. The van der Waals surface area contributed by atoms with Gasteiger partial charge in [-0.2, -0.15) is 0 Å². The molecule has 3 rings (SSSR count). The van der Waals surface area contributed by atoms with Crippen LogP contribution in [0.5, 0.6) is 0 Å². The summed E-state index contributed by atoms with van der Waals surface area (Å²) in [5.41, 5.74) is 6.73. The summed E-state index contributed by atoms with van der Waals surface area (Å²) in [5.74, 6) is 0.582. The molecule has 0 aliphatic carbocycles. The van der Waals surface area contributed by atoms with E-state index in [1.54, 1.807) is 0 Å². The van der Waals surface area contributed by atoms with Crippen molar-refractivity contribution in [2.24, 2.45) is 0 Å². The zero-order chi connectivity index (χ0) is 13.4. The van der Waals surface area contributed by atoms with Gasteiger partial charge in [0.2, 0.25) is 5.78 Å². The zero-order valence-electron chi connectivity index (χ0n) is 10.4. The van der Waals surface area contributed by atoms with E-state index in [1.807, 2.05) is 4.57 Å². The van der Waals surface area contributed by atoms with E-state index < -0.39 is 0 Å². The fourth-order valence-electron chi connectivity index (χ4n) is 2.48. The van der Waals surface area contributed by atoms with Crippen LogP contribution in [0.1, 0.15) is 34.7 Å². The van der Waals surface area contributed by atoms with Crippen molar-refractivity contribution < 1.29 is 9.18 Å². The van der Waals surface area contributed by atoms with Gasteiger partial charge in [-0.15, -0.1) is 0 Å². The number of aryl methyl sites for hydroxylation is 1.